The molecule has 0 amide bonds. The zero-order chi connectivity index (χ0) is 12.7. The van der Waals surface area contributed by atoms with Gasteiger partial charge in [-0.15, -0.1) is 6.58 Å². The first-order valence-corrected chi connectivity index (χ1v) is 4.91. The van der Waals surface area contributed by atoms with E-state index in [0.717, 1.165) is 0 Å². The fourth-order valence-electron chi connectivity index (χ4n) is 1.90. The van der Waals surface area contributed by atoms with Crippen molar-refractivity contribution in [3.8, 4) is 0 Å². The number of benzene rings is 1. The minimum Gasteiger partial charge on any atom is -0.341 e. The Kier molecular flexibility index (Phi) is 2.69. The summed E-state index contributed by atoms with van der Waals surface area (Å²) in [6.45, 7) is 5.15. The van der Waals surface area contributed by atoms with E-state index >= 15 is 0 Å². The molecule has 1 aromatic heterocycles. The highest BCUT2D eigenvalue weighted by molar-refractivity contribution is 5.85. The molecule has 0 radical (unpaired) electrons. The van der Waals surface area contributed by atoms with Crippen LogP contribution < -0.4 is 0 Å². The summed E-state index contributed by atoms with van der Waals surface area (Å²) in [4.78, 5) is 0. The van der Waals surface area contributed by atoms with E-state index < -0.39 is 23.3 Å². The minimum atomic E-state index is -1.79. The first kappa shape index (κ1) is 11.7. The number of fused-ring (bicyclic) bond motifs is 1. The third kappa shape index (κ3) is 1.53. The van der Waals surface area contributed by atoms with E-state index in [0.29, 0.717) is 5.56 Å². The van der Waals surface area contributed by atoms with Crippen molar-refractivity contribution in [2.24, 2.45) is 0 Å². The summed E-state index contributed by atoms with van der Waals surface area (Å²) in [6.07, 6.45) is 2.88. The van der Waals surface area contributed by atoms with Crippen LogP contribution in [-0.2, 0) is 6.54 Å². The van der Waals surface area contributed by atoms with Gasteiger partial charge in [-0.1, -0.05) is 6.08 Å². The van der Waals surface area contributed by atoms with Crippen LogP contribution in [0.25, 0.3) is 10.9 Å². The Morgan fingerprint density at radius 1 is 1.12 bits per heavy atom. The van der Waals surface area contributed by atoms with Crippen LogP contribution in [0.3, 0.4) is 0 Å². The van der Waals surface area contributed by atoms with Crippen molar-refractivity contribution in [3.05, 3.63) is 47.7 Å². The molecule has 1 nitrogen and oxygen atoms in total. The zero-order valence-corrected chi connectivity index (χ0v) is 9.03. The molecule has 90 valence electrons. The van der Waals surface area contributed by atoms with Crippen LogP contribution in [0.2, 0.25) is 0 Å². The quantitative estimate of drug-likeness (QED) is 0.328. The van der Waals surface area contributed by atoms with Gasteiger partial charge in [-0.2, -0.15) is 0 Å². The van der Waals surface area contributed by atoms with Crippen molar-refractivity contribution in [1.29, 1.82) is 0 Å². The minimum absolute atomic E-state index is 0.186. The predicted molar refractivity (Wildman–Crippen MR) is 56.7 cm³/mol. The SMILES string of the molecule is C=CCn1cc(C)c2c(F)c(F)c(F)c(F)c21. The van der Waals surface area contributed by atoms with Gasteiger partial charge in [-0.3, -0.25) is 0 Å². The molecular formula is C12H9F4N. The molecule has 0 atom stereocenters. The van der Waals surface area contributed by atoms with Crippen LogP contribution in [0.15, 0.2) is 18.9 Å². The molecule has 1 aromatic carbocycles. The molecule has 2 rings (SSSR count). The summed E-state index contributed by atoms with van der Waals surface area (Å²) in [5, 5.41) is -0.233. The fourth-order valence-corrected chi connectivity index (χ4v) is 1.90. The van der Waals surface area contributed by atoms with Gasteiger partial charge < -0.3 is 4.57 Å². The molecule has 2 aromatic rings. The van der Waals surface area contributed by atoms with E-state index in [1.54, 1.807) is 0 Å². The molecule has 0 saturated carbocycles. The van der Waals surface area contributed by atoms with E-state index in [4.69, 9.17) is 0 Å². The molecule has 0 fully saturated rings. The van der Waals surface area contributed by atoms with Crippen molar-refractivity contribution in [1.82, 2.24) is 4.57 Å². The zero-order valence-electron chi connectivity index (χ0n) is 9.03. The lowest BCUT2D eigenvalue weighted by Gasteiger charge is -2.05. The van der Waals surface area contributed by atoms with Crippen LogP contribution in [0.1, 0.15) is 5.56 Å². The second-order valence-corrected chi connectivity index (χ2v) is 3.73. The summed E-state index contributed by atoms with van der Waals surface area (Å²) in [5.41, 5.74) is 0.0657. The predicted octanol–water partition coefficient (Wildman–Crippen LogP) is 3.69. The lowest BCUT2D eigenvalue weighted by molar-refractivity contribution is 0.416. The molecule has 0 saturated heterocycles. The maximum atomic E-state index is 13.6. The second kappa shape index (κ2) is 3.91. The monoisotopic (exact) mass is 243 g/mol. The summed E-state index contributed by atoms with van der Waals surface area (Å²) >= 11 is 0. The second-order valence-electron chi connectivity index (χ2n) is 3.73. The summed E-state index contributed by atoms with van der Waals surface area (Å²) in [5.74, 6) is -6.32. The van der Waals surface area contributed by atoms with Gasteiger partial charge in [-0.05, 0) is 12.5 Å². The van der Waals surface area contributed by atoms with Crippen molar-refractivity contribution in [3.63, 3.8) is 0 Å². The standard InChI is InChI=1S/C12H9F4N/c1-3-4-17-5-6(2)7-8(13)9(14)10(15)11(16)12(7)17/h3,5H,1,4H2,2H3. The Bertz CT molecular complexity index is 613. The first-order valence-electron chi connectivity index (χ1n) is 4.91. The molecule has 5 heteroatoms. The van der Waals surface area contributed by atoms with E-state index in [1.165, 1.54) is 23.8 Å². The van der Waals surface area contributed by atoms with Crippen molar-refractivity contribution in [2.45, 2.75) is 13.5 Å². The Labute approximate surface area is 95.0 Å². The van der Waals surface area contributed by atoms with Crippen molar-refractivity contribution in [2.75, 3.05) is 0 Å². The molecule has 0 bridgehead atoms. The molecule has 0 aliphatic carbocycles. The average molecular weight is 243 g/mol. The molecular weight excluding hydrogens is 234 g/mol. The first-order chi connectivity index (χ1) is 7.99. The molecule has 0 unspecified atom stereocenters. The number of allylic oxidation sites excluding steroid dienone is 1. The summed E-state index contributed by atoms with van der Waals surface area (Å²) < 4.78 is 54.6. The molecule has 17 heavy (non-hydrogen) atoms. The van der Waals surface area contributed by atoms with E-state index in [1.807, 2.05) is 0 Å². The van der Waals surface area contributed by atoms with Gasteiger partial charge in [-0.25, -0.2) is 17.6 Å². The largest absolute Gasteiger partial charge is 0.341 e. The number of nitrogens with zero attached hydrogens (tertiary/aromatic N) is 1. The summed E-state index contributed by atoms with van der Waals surface area (Å²) in [6, 6.07) is 0. The van der Waals surface area contributed by atoms with Crippen LogP contribution in [0.4, 0.5) is 17.6 Å². The third-order valence-corrected chi connectivity index (χ3v) is 2.60. The Hall–Kier alpha value is -1.78. The number of aromatic nitrogens is 1. The van der Waals surface area contributed by atoms with Crippen LogP contribution in [-0.4, -0.2) is 4.57 Å². The highest BCUT2D eigenvalue weighted by atomic mass is 19.2. The Morgan fingerprint density at radius 2 is 1.71 bits per heavy atom. The van der Waals surface area contributed by atoms with Gasteiger partial charge in [0.1, 0.15) is 0 Å². The van der Waals surface area contributed by atoms with Crippen molar-refractivity contribution >= 4 is 10.9 Å². The van der Waals surface area contributed by atoms with Gasteiger partial charge in [0.15, 0.2) is 23.3 Å². The molecule has 0 aliphatic rings. The number of aryl methyl sites for hydroxylation is 1. The number of halogens is 4. The van der Waals surface area contributed by atoms with Crippen LogP contribution in [0, 0.1) is 30.2 Å². The summed E-state index contributed by atoms with van der Waals surface area (Å²) in [7, 11) is 0. The number of rotatable bonds is 2. The molecule has 0 spiro atoms. The number of hydrogen-bond donors (Lipinski definition) is 0. The van der Waals surface area contributed by atoms with Gasteiger partial charge in [0.25, 0.3) is 0 Å². The van der Waals surface area contributed by atoms with Crippen LogP contribution >= 0.6 is 0 Å². The van der Waals surface area contributed by atoms with Crippen LogP contribution in [0.5, 0.6) is 0 Å². The molecule has 1 heterocycles. The number of hydrogen-bond acceptors (Lipinski definition) is 0. The van der Waals surface area contributed by atoms with E-state index in [9.17, 15) is 17.6 Å². The average Bonchev–Trinajstić information content (AvgIpc) is 2.61. The highest BCUT2D eigenvalue weighted by Crippen LogP contribution is 2.30. The molecule has 0 N–H and O–H groups in total. The van der Waals surface area contributed by atoms with Gasteiger partial charge in [0.2, 0.25) is 0 Å². The lowest BCUT2D eigenvalue weighted by atomic mass is 10.1. The van der Waals surface area contributed by atoms with E-state index in [2.05, 4.69) is 6.58 Å². The third-order valence-electron chi connectivity index (χ3n) is 2.60. The Balaban J connectivity index is 2.97. The topological polar surface area (TPSA) is 4.93 Å². The lowest BCUT2D eigenvalue weighted by Crippen LogP contribution is -2.01. The highest BCUT2D eigenvalue weighted by Gasteiger charge is 2.24. The van der Waals surface area contributed by atoms with E-state index in [-0.39, 0.29) is 17.4 Å². The Morgan fingerprint density at radius 3 is 2.29 bits per heavy atom. The van der Waals surface area contributed by atoms with Crippen molar-refractivity contribution < 1.29 is 17.6 Å². The fraction of sp³-hybridized carbons (Fsp3) is 0.167. The van der Waals surface area contributed by atoms with Gasteiger partial charge in [0, 0.05) is 18.1 Å². The molecule has 0 aliphatic heterocycles. The maximum absolute atomic E-state index is 13.6. The van der Waals surface area contributed by atoms with Gasteiger partial charge >= 0.3 is 0 Å². The van der Waals surface area contributed by atoms with Gasteiger partial charge in [0.05, 0.1) is 5.52 Å². The smallest absolute Gasteiger partial charge is 0.199 e. The maximum Gasteiger partial charge on any atom is 0.199 e. The normalized spacial score (nSPS) is 11.1.